The third-order valence-corrected chi connectivity index (χ3v) is 16.6. The Hall–Kier alpha value is -5.48. The molecule has 2 unspecified atom stereocenters. The van der Waals surface area contributed by atoms with E-state index < -0.39 is 0 Å². The SMILES string of the molecule is Clc1cccc(N(c2ccc(C3CCC4(C3)c3ccccc3-c3c(N(c5ccccc5)c5cccc(Cl)c5Cl)cccc34)cc2)c2ccc3c(c2)-c2ccccc2C32CCCC2)c1Cl. The van der Waals surface area contributed by atoms with Crippen molar-refractivity contribution in [2.24, 2.45) is 0 Å². The summed E-state index contributed by atoms with van der Waals surface area (Å²) in [6.07, 6.45) is 8.08. The first-order valence-corrected chi connectivity index (χ1v) is 24.0. The predicted molar refractivity (Wildman–Crippen MR) is 270 cm³/mol. The highest BCUT2D eigenvalue weighted by atomic mass is 35.5. The molecule has 6 heteroatoms. The van der Waals surface area contributed by atoms with E-state index in [2.05, 4.69) is 155 Å². The zero-order valence-electron chi connectivity index (χ0n) is 35.2. The molecular weight excluding hydrogens is 866 g/mol. The van der Waals surface area contributed by atoms with Crippen molar-refractivity contribution >= 4 is 80.5 Å². The van der Waals surface area contributed by atoms with Crippen molar-refractivity contribution in [1.29, 1.82) is 0 Å². The first-order chi connectivity index (χ1) is 31.4. The summed E-state index contributed by atoms with van der Waals surface area (Å²) in [5, 5.41) is 2.14. The summed E-state index contributed by atoms with van der Waals surface area (Å²) in [6.45, 7) is 0. The molecule has 0 heterocycles. The van der Waals surface area contributed by atoms with Gasteiger partial charge in [-0.05, 0) is 149 Å². The Morgan fingerprint density at radius 2 is 0.953 bits per heavy atom. The predicted octanol–water partition coefficient (Wildman–Crippen LogP) is 18.3. The van der Waals surface area contributed by atoms with Gasteiger partial charge in [0.2, 0.25) is 0 Å². The van der Waals surface area contributed by atoms with Gasteiger partial charge in [0.1, 0.15) is 0 Å². The molecule has 2 spiro atoms. The smallest absolute Gasteiger partial charge is 0.0832 e. The van der Waals surface area contributed by atoms with Gasteiger partial charge in [0.05, 0.1) is 37.2 Å². The number of benzene rings is 8. The van der Waals surface area contributed by atoms with Gasteiger partial charge in [-0.2, -0.15) is 0 Å². The summed E-state index contributed by atoms with van der Waals surface area (Å²) in [5.41, 5.74) is 18.2. The second-order valence-electron chi connectivity index (χ2n) is 18.1. The third-order valence-electron chi connectivity index (χ3n) is 15.0. The van der Waals surface area contributed by atoms with E-state index in [9.17, 15) is 0 Å². The minimum Gasteiger partial charge on any atom is -0.309 e. The minimum absolute atomic E-state index is 0.108. The molecule has 8 aromatic carbocycles. The van der Waals surface area contributed by atoms with Crippen molar-refractivity contribution in [3.8, 4) is 22.3 Å². The van der Waals surface area contributed by atoms with Gasteiger partial charge in [-0.25, -0.2) is 0 Å². The van der Waals surface area contributed by atoms with Crippen LogP contribution in [0, 0.1) is 0 Å². The number of fused-ring (bicyclic) bond motifs is 10. The first-order valence-electron chi connectivity index (χ1n) is 22.5. The lowest BCUT2D eigenvalue weighted by Crippen LogP contribution is -2.21. The van der Waals surface area contributed by atoms with Crippen LogP contribution in [0.15, 0.2) is 176 Å². The van der Waals surface area contributed by atoms with E-state index in [1.807, 2.05) is 30.3 Å². The van der Waals surface area contributed by atoms with Crippen LogP contribution < -0.4 is 9.80 Å². The molecule has 2 nitrogen and oxygen atoms in total. The normalized spacial score (nSPS) is 18.5. The van der Waals surface area contributed by atoms with Gasteiger partial charge in [0.15, 0.2) is 0 Å². The fourth-order valence-corrected chi connectivity index (χ4v) is 13.0. The van der Waals surface area contributed by atoms with Gasteiger partial charge in [-0.1, -0.05) is 168 Å². The van der Waals surface area contributed by atoms with Gasteiger partial charge >= 0.3 is 0 Å². The Labute approximate surface area is 395 Å². The molecule has 4 aliphatic rings. The van der Waals surface area contributed by atoms with Crippen LogP contribution in [0.5, 0.6) is 0 Å². The van der Waals surface area contributed by atoms with E-state index in [4.69, 9.17) is 46.4 Å². The summed E-state index contributed by atoms with van der Waals surface area (Å²) in [5.74, 6) is 0.367. The fourth-order valence-electron chi connectivity index (χ4n) is 12.2. The quantitative estimate of drug-likeness (QED) is 0.157. The van der Waals surface area contributed by atoms with Crippen molar-refractivity contribution in [2.75, 3.05) is 9.80 Å². The Bertz CT molecular complexity index is 3120. The van der Waals surface area contributed by atoms with Gasteiger partial charge in [-0.15, -0.1) is 0 Å². The summed E-state index contributed by atoms with van der Waals surface area (Å²) >= 11 is 27.6. The molecule has 0 aliphatic heterocycles. The Kier molecular flexibility index (Phi) is 9.77. The number of hydrogen-bond acceptors (Lipinski definition) is 2. The maximum Gasteiger partial charge on any atom is 0.0832 e. The van der Waals surface area contributed by atoms with Crippen molar-refractivity contribution in [3.05, 3.63) is 224 Å². The van der Waals surface area contributed by atoms with Crippen LogP contribution in [-0.4, -0.2) is 0 Å². The monoisotopic (exact) mass is 908 g/mol. The highest BCUT2D eigenvalue weighted by Crippen LogP contribution is 2.63. The molecule has 0 aromatic heterocycles. The zero-order chi connectivity index (χ0) is 43.2. The van der Waals surface area contributed by atoms with Gasteiger partial charge in [0.25, 0.3) is 0 Å². The fraction of sp³-hybridized carbons (Fsp3) is 0.172. The Morgan fingerprint density at radius 3 is 1.67 bits per heavy atom. The van der Waals surface area contributed by atoms with Crippen LogP contribution >= 0.6 is 46.4 Å². The second kappa shape index (κ2) is 15.6. The molecular formula is C58H44Cl4N2. The maximum absolute atomic E-state index is 7.10. The lowest BCUT2D eigenvalue weighted by Gasteiger charge is -2.31. The number of anilines is 6. The van der Waals surface area contributed by atoms with E-state index >= 15 is 0 Å². The minimum atomic E-state index is -0.135. The van der Waals surface area contributed by atoms with Gasteiger partial charge < -0.3 is 9.80 Å². The molecule has 0 bridgehead atoms. The molecule has 0 saturated heterocycles. The Morgan fingerprint density at radius 1 is 0.406 bits per heavy atom. The summed E-state index contributed by atoms with van der Waals surface area (Å²) in [4.78, 5) is 4.56. The van der Waals surface area contributed by atoms with E-state index in [0.29, 0.717) is 26.0 Å². The van der Waals surface area contributed by atoms with Crippen LogP contribution in [0.4, 0.5) is 34.1 Å². The van der Waals surface area contributed by atoms with Crippen LogP contribution in [0.25, 0.3) is 22.3 Å². The van der Waals surface area contributed by atoms with Gasteiger partial charge in [-0.3, -0.25) is 0 Å². The summed E-state index contributed by atoms with van der Waals surface area (Å²) in [6, 6.07) is 63.5. The van der Waals surface area contributed by atoms with E-state index in [-0.39, 0.29) is 10.8 Å². The molecule has 2 saturated carbocycles. The maximum atomic E-state index is 7.10. The molecule has 2 atom stereocenters. The third kappa shape index (κ3) is 6.06. The molecule has 64 heavy (non-hydrogen) atoms. The molecule has 12 rings (SSSR count). The van der Waals surface area contributed by atoms with E-state index in [1.165, 1.54) is 75.8 Å². The van der Waals surface area contributed by atoms with Crippen LogP contribution in [-0.2, 0) is 10.8 Å². The topological polar surface area (TPSA) is 6.48 Å². The molecule has 0 N–H and O–H groups in total. The average Bonchev–Trinajstić information content (AvgIpc) is 4.13. The average molecular weight is 911 g/mol. The first kappa shape index (κ1) is 40.1. The van der Waals surface area contributed by atoms with Crippen molar-refractivity contribution < 1.29 is 0 Å². The highest BCUT2D eigenvalue weighted by Gasteiger charge is 2.50. The lowest BCUT2D eigenvalue weighted by atomic mass is 9.75. The number of para-hydroxylation sites is 1. The van der Waals surface area contributed by atoms with Crippen LogP contribution in [0.1, 0.15) is 78.7 Å². The van der Waals surface area contributed by atoms with Crippen LogP contribution in [0.3, 0.4) is 0 Å². The highest BCUT2D eigenvalue weighted by molar-refractivity contribution is 6.44. The van der Waals surface area contributed by atoms with Crippen LogP contribution in [0.2, 0.25) is 20.1 Å². The standard InChI is InChI=1S/C58H44Cl4N2/c59-49-20-11-23-52(55(49)61)63(41-29-30-47-44(35-41)42-15-4-6-17-45(42)57(47)32-8-9-33-57)40-27-25-37(26-28-40)38-31-34-58(36-38)46-18-7-5-16-43(46)54-48(58)19-10-22-51(54)64(39-13-2-1-3-14-39)53-24-12-21-50(60)56(53)62/h1-7,10-30,35,38H,8-9,31-34,36H2. The molecule has 2 fully saturated rings. The van der Waals surface area contributed by atoms with Crippen molar-refractivity contribution in [2.45, 2.75) is 61.7 Å². The molecule has 4 aliphatic carbocycles. The molecule has 8 aromatic rings. The largest absolute Gasteiger partial charge is 0.309 e. The number of rotatable bonds is 7. The number of nitrogens with zero attached hydrogens (tertiary/aromatic N) is 2. The second-order valence-corrected chi connectivity index (χ2v) is 19.6. The van der Waals surface area contributed by atoms with Gasteiger partial charge in [0, 0.05) is 33.5 Å². The number of halogens is 4. The zero-order valence-corrected chi connectivity index (χ0v) is 38.2. The van der Waals surface area contributed by atoms with Crippen molar-refractivity contribution in [1.82, 2.24) is 0 Å². The van der Waals surface area contributed by atoms with E-state index in [0.717, 1.165) is 53.4 Å². The summed E-state index contributed by atoms with van der Waals surface area (Å²) in [7, 11) is 0. The lowest BCUT2D eigenvalue weighted by molar-refractivity contribution is 0.539. The van der Waals surface area contributed by atoms with Crippen molar-refractivity contribution in [3.63, 3.8) is 0 Å². The molecule has 0 amide bonds. The summed E-state index contributed by atoms with van der Waals surface area (Å²) < 4.78 is 0. The molecule has 314 valence electrons. The molecule has 0 radical (unpaired) electrons. The number of hydrogen-bond donors (Lipinski definition) is 0. The van der Waals surface area contributed by atoms with E-state index in [1.54, 1.807) is 0 Å². The Balaban J connectivity index is 0.925.